The lowest BCUT2D eigenvalue weighted by molar-refractivity contribution is -0.137. The Labute approximate surface area is 165 Å². The molecule has 0 bridgehead atoms. The zero-order valence-corrected chi connectivity index (χ0v) is 16.4. The topological polar surface area (TPSA) is 49.9 Å². The van der Waals surface area contributed by atoms with Gasteiger partial charge in [-0.1, -0.05) is 36.4 Å². The van der Waals surface area contributed by atoms with E-state index >= 15 is 0 Å². The average Bonchev–Trinajstić information content (AvgIpc) is 3.13. The highest BCUT2D eigenvalue weighted by molar-refractivity contribution is 6.01. The monoisotopic (exact) mass is 378 g/mol. The molecule has 0 radical (unpaired) electrons. The molecule has 2 unspecified atom stereocenters. The van der Waals surface area contributed by atoms with Gasteiger partial charge in [0.15, 0.2) is 0 Å². The van der Waals surface area contributed by atoms with Gasteiger partial charge in [0.2, 0.25) is 11.8 Å². The van der Waals surface area contributed by atoms with Crippen LogP contribution in [-0.4, -0.2) is 37.4 Å². The summed E-state index contributed by atoms with van der Waals surface area (Å²) in [6.45, 7) is 0.400. The minimum absolute atomic E-state index is 0.0275. The summed E-state index contributed by atoms with van der Waals surface area (Å²) in [4.78, 5) is 29.4. The smallest absolute Gasteiger partial charge is 0.228 e. The van der Waals surface area contributed by atoms with E-state index < -0.39 is 0 Å². The molecule has 1 saturated heterocycles. The Kier molecular flexibility index (Phi) is 5.07. The van der Waals surface area contributed by atoms with Crippen LogP contribution in [0.1, 0.15) is 36.4 Å². The van der Waals surface area contributed by atoms with Gasteiger partial charge in [0.1, 0.15) is 5.75 Å². The third-order valence-corrected chi connectivity index (χ3v) is 6.00. The van der Waals surface area contributed by atoms with Crippen molar-refractivity contribution in [2.45, 2.75) is 31.7 Å². The van der Waals surface area contributed by atoms with Crippen molar-refractivity contribution in [3.05, 3.63) is 59.7 Å². The van der Waals surface area contributed by atoms with E-state index in [1.807, 2.05) is 42.3 Å². The summed E-state index contributed by atoms with van der Waals surface area (Å²) in [5, 5.41) is 0. The molecule has 0 spiro atoms. The Balaban J connectivity index is 1.53. The fourth-order valence-corrected chi connectivity index (χ4v) is 4.53. The Bertz CT molecular complexity index is 895. The maximum atomic E-state index is 13.2. The molecule has 146 valence electrons. The lowest BCUT2D eigenvalue weighted by Gasteiger charge is -2.34. The van der Waals surface area contributed by atoms with E-state index in [2.05, 4.69) is 18.2 Å². The summed E-state index contributed by atoms with van der Waals surface area (Å²) in [5.41, 5.74) is 3.31. The van der Waals surface area contributed by atoms with Crippen LogP contribution in [0.4, 0.5) is 5.69 Å². The van der Waals surface area contributed by atoms with Crippen LogP contribution < -0.4 is 9.64 Å². The number of ether oxygens (including phenoxy) is 1. The predicted octanol–water partition coefficient (Wildman–Crippen LogP) is 3.58. The van der Waals surface area contributed by atoms with E-state index in [0.29, 0.717) is 12.3 Å². The Morgan fingerprint density at radius 3 is 2.71 bits per heavy atom. The van der Waals surface area contributed by atoms with Gasteiger partial charge in [-0.2, -0.15) is 0 Å². The minimum Gasteiger partial charge on any atom is -0.495 e. The normalized spacial score (nSPS) is 21.4. The van der Waals surface area contributed by atoms with Crippen LogP contribution in [0, 0.1) is 5.92 Å². The maximum Gasteiger partial charge on any atom is 0.228 e. The van der Waals surface area contributed by atoms with Crippen molar-refractivity contribution in [3.8, 4) is 5.75 Å². The molecule has 1 aliphatic carbocycles. The summed E-state index contributed by atoms with van der Waals surface area (Å²) in [5.74, 6) is 0.350. The van der Waals surface area contributed by atoms with Crippen molar-refractivity contribution in [2.24, 2.45) is 5.92 Å². The molecule has 5 nitrogen and oxygen atoms in total. The first-order valence-electron chi connectivity index (χ1n) is 9.88. The van der Waals surface area contributed by atoms with Gasteiger partial charge in [-0.3, -0.25) is 9.59 Å². The van der Waals surface area contributed by atoms with Crippen molar-refractivity contribution in [1.82, 2.24) is 4.90 Å². The molecule has 2 aliphatic rings. The summed E-state index contributed by atoms with van der Waals surface area (Å²) in [7, 11) is 3.47. The number of anilines is 1. The molecule has 0 saturated carbocycles. The molecule has 28 heavy (non-hydrogen) atoms. The summed E-state index contributed by atoms with van der Waals surface area (Å²) >= 11 is 0. The van der Waals surface area contributed by atoms with Crippen LogP contribution in [0.3, 0.4) is 0 Å². The van der Waals surface area contributed by atoms with Crippen LogP contribution in [0.15, 0.2) is 48.5 Å². The van der Waals surface area contributed by atoms with Crippen molar-refractivity contribution in [1.29, 1.82) is 0 Å². The van der Waals surface area contributed by atoms with E-state index in [4.69, 9.17) is 4.74 Å². The van der Waals surface area contributed by atoms with Gasteiger partial charge < -0.3 is 14.5 Å². The van der Waals surface area contributed by atoms with Gasteiger partial charge in [-0.05, 0) is 42.5 Å². The van der Waals surface area contributed by atoms with E-state index in [-0.39, 0.29) is 30.2 Å². The molecule has 2 amide bonds. The van der Waals surface area contributed by atoms with Crippen LogP contribution in [0.2, 0.25) is 0 Å². The zero-order chi connectivity index (χ0) is 19.7. The second-order valence-corrected chi connectivity index (χ2v) is 7.63. The quantitative estimate of drug-likeness (QED) is 0.817. The van der Waals surface area contributed by atoms with Crippen LogP contribution in [0.25, 0.3) is 0 Å². The van der Waals surface area contributed by atoms with Crippen molar-refractivity contribution in [2.75, 3.05) is 25.6 Å². The third-order valence-electron chi connectivity index (χ3n) is 6.00. The number of hydrogen-bond acceptors (Lipinski definition) is 3. The highest BCUT2D eigenvalue weighted by Gasteiger charge is 2.39. The molecular weight excluding hydrogens is 352 g/mol. The zero-order valence-electron chi connectivity index (χ0n) is 16.4. The van der Waals surface area contributed by atoms with Crippen molar-refractivity contribution >= 4 is 17.5 Å². The first kappa shape index (κ1) is 18.5. The molecule has 1 heterocycles. The largest absolute Gasteiger partial charge is 0.495 e. The Morgan fingerprint density at radius 2 is 1.89 bits per heavy atom. The summed E-state index contributed by atoms with van der Waals surface area (Å²) < 4.78 is 5.39. The number of carbonyl (C=O) groups excluding carboxylic acids is 2. The van der Waals surface area contributed by atoms with Crippen molar-refractivity contribution < 1.29 is 14.3 Å². The average molecular weight is 378 g/mol. The number of aryl methyl sites for hydroxylation is 1. The molecule has 2 aromatic carbocycles. The van der Waals surface area contributed by atoms with E-state index in [9.17, 15) is 9.59 Å². The second kappa shape index (κ2) is 7.66. The molecule has 2 atom stereocenters. The number of rotatable bonds is 4. The van der Waals surface area contributed by atoms with Gasteiger partial charge in [0, 0.05) is 20.0 Å². The summed E-state index contributed by atoms with van der Waals surface area (Å²) in [6.07, 6.45) is 3.36. The number of fused-ring (bicyclic) bond motifs is 1. The number of benzene rings is 2. The standard InChI is InChI=1S/C23H26N2O3/c1-24(19-12-7-9-16-8-3-4-10-18(16)19)23(27)17-14-22(26)25(15-17)20-11-5-6-13-21(20)28-2/h3-6,8,10-11,13,17,19H,7,9,12,14-15H2,1-2H3. The highest BCUT2D eigenvalue weighted by Crippen LogP contribution is 2.37. The first-order valence-corrected chi connectivity index (χ1v) is 9.88. The maximum absolute atomic E-state index is 13.2. The minimum atomic E-state index is -0.323. The van der Waals surface area contributed by atoms with E-state index in [1.54, 1.807) is 12.0 Å². The van der Waals surface area contributed by atoms with Gasteiger partial charge >= 0.3 is 0 Å². The number of nitrogens with zero attached hydrogens (tertiary/aromatic N) is 2. The molecule has 0 aromatic heterocycles. The van der Waals surface area contributed by atoms with E-state index in [1.165, 1.54) is 11.1 Å². The number of para-hydroxylation sites is 2. The van der Waals surface area contributed by atoms with Crippen molar-refractivity contribution in [3.63, 3.8) is 0 Å². The number of methoxy groups -OCH3 is 1. The number of amides is 2. The number of carbonyl (C=O) groups is 2. The van der Waals surface area contributed by atoms with Gasteiger partial charge in [-0.15, -0.1) is 0 Å². The molecular formula is C23H26N2O3. The first-order chi connectivity index (χ1) is 13.6. The highest BCUT2D eigenvalue weighted by atomic mass is 16.5. The molecule has 0 N–H and O–H groups in total. The lowest BCUT2D eigenvalue weighted by Crippen LogP contribution is -2.38. The molecule has 2 aromatic rings. The van der Waals surface area contributed by atoms with Crippen LogP contribution in [0.5, 0.6) is 5.75 Å². The Hall–Kier alpha value is -2.82. The second-order valence-electron chi connectivity index (χ2n) is 7.63. The third kappa shape index (κ3) is 3.26. The van der Waals surface area contributed by atoms with Gasteiger partial charge in [0.25, 0.3) is 0 Å². The molecule has 4 rings (SSSR count). The van der Waals surface area contributed by atoms with Crippen LogP contribution in [-0.2, 0) is 16.0 Å². The van der Waals surface area contributed by atoms with E-state index in [0.717, 1.165) is 24.9 Å². The fraction of sp³-hybridized carbons (Fsp3) is 0.391. The van der Waals surface area contributed by atoms with Gasteiger partial charge in [-0.25, -0.2) is 0 Å². The predicted molar refractivity (Wildman–Crippen MR) is 108 cm³/mol. The van der Waals surface area contributed by atoms with Gasteiger partial charge in [0.05, 0.1) is 24.8 Å². The number of hydrogen-bond donors (Lipinski definition) is 0. The Morgan fingerprint density at radius 1 is 1.14 bits per heavy atom. The van der Waals surface area contributed by atoms with Crippen LogP contribution >= 0.6 is 0 Å². The molecule has 1 aliphatic heterocycles. The molecule has 1 fully saturated rings. The summed E-state index contributed by atoms with van der Waals surface area (Å²) in [6, 6.07) is 15.9. The fourth-order valence-electron chi connectivity index (χ4n) is 4.53. The molecule has 5 heteroatoms. The SMILES string of the molecule is COc1ccccc1N1CC(C(=O)N(C)C2CCCc3ccccc32)CC1=O. The lowest BCUT2D eigenvalue weighted by atomic mass is 9.86.